The average molecular weight is 173 g/mol. The Morgan fingerprint density at radius 3 is 2.11 bits per heavy atom. The van der Waals surface area contributed by atoms with Crippen molar-refractivity contribution in [3.63, 3.8) is 0 Å². The van der Waals surface area contributed by atoms with Crippen LogP contribution in [-0.4, -0.2) is 14.9 Å². The van der Waals surface area contributed by atoms with Crippen molar-refractivity contribution in [1.82, 2.24) is 0 Å². The molecular weight excluding hydrogens is 160 g/mol. The van der Waals surface area contributed by atoms with E-state index in [1.165, 1.54) is 0 Å². The maximum atomic E-state index is 8.72. The van der Waals surface area contributed by atoms with Crippen LogP contribution in [0.3, 0.4) is 0 Å². The first kappa shape index (κ1) is 9.56. The molecule has 0 amide bonds. The van der Waals surface area contributed by atoms with Crippen molar-refractivity contribution in [3.8, 4) is 0 Å². The van der Waals surface area contributed by atoms with Crippen LogP contribution >= 0.6 is 20.5 Å². The summed E-state index contributed by atoms with van der Waals surface area (Å²) in [5.74, 6) is 0.609. The van der Waals surface area contributed by atoms with E-state index in [1.54, 1.807) is 0 Å². The first-order valence-corrected chi connectivity index (χ1v) is 5.45. The van der Waals surface area contributed by atoms with Crippen LogP contribution in [0.25, 0.3) is 0 Å². The van der Waals surface area contributed by atoms with Crippen LogP contribution < -0.4 is 0 Å². The van der Waals surface area contributed by atoms with Gasteiger partial charge in [-0.3, -0.25) is 9.11 Å². The number of hydrogen-bond donors (Lipinski definition) is 2. The Kier molecular flexibility index (Phi) is 3.89. The molecule has 0 fully saturated rings. The van der Waals surface area contributed by atoms with Gasteiger partial charge < -0.3 is 0 Å². The molecule has 2 N–H and O–H groups in total. The van der Waals surface area contributed by atoms with Gasteiger partial charge in [0.2, 0.25) is 0 Å². The van der Waals surface area contributed by atoms with Crippen LogP contribution in [0.15, 0.2) is 0 Å². The summed E-state index contributed by atoms with van der Waals surface area (Å²) in [6.45, 7) is 3.93. The van der Waals surface area contributed by atoms with E-state index in [1.807, 2.05) is 13.8 Å². The first-order valence-electron chi connectivity index (χ1n) is 2.91. The molecular formula is C5H13ClO2S. The molecule has 2 nitrogen and oxygen atoms in total. The second-order valence-electron chi connectivity index (χ2n) is 2.27. The fourth-order valence-electron chi connectivity index (χ4n) is 0.480. The lowest BCUT2D eigenvalue weighted by atomic mass is 10.2. The molecule has 1 atom stereocenters. The third kappa shape index (κ3) is 6.45. The fourth-order valence-corrected chi connectivity index (χ4v) is 2.08. The van der Waals surface area contributed by atoms with E-state index >= 15 is 0 Å². The van der Waals surface area contributed by atoms with Gasteiger partial charge in [0.15, 0.2) is 0 Å². The first-order chi connectivity index (χ1) is 3.95. The van der Waals surface area contributed by atoms with Gasteiger partial charge in [-0.15, -0.1) is 9.80 Å². The zero-order chi connectivity index (χ0) is 7.49. The lowest BCUT2D eigenvalue weighted by molar-refractivity contribution is 0.488. The van der Waals surface area contributed by atoms with Crippen LogP contribution in [0.2, 0.25) is 0 Å². The molecule has 0 saturated heterocycles. The van der Waals surface area contributed by atoms with Gasteiger partial charge in [0, 0.05) is 10.7 Å². The summed E-state index contributed by atoms with van der Waals surface area (Å²) in [6.07, 6.45) is 0.933. The second kappa shape index (κ2) is 3.66. The van der Waals surface area contributed by atoms with E-state index < -0.39 is 9.80 Å². The van der Waals surface area contributed by atoms with Gasteiger partial charge in [0.05, 0.1) is 5.75 Å². The molecule has 4 heteroatoms. The molecule has 0 heterocycles. The summed E-state index contributed by atoms with van der Waals surface area (Å²) in [5.41, 5.74) is 0. The monoisotopic (exact) mass is 172 g/mol. The molecule has 0 aliphatic heterocycles. The van der Waals surface area contributed by atoms with E-state index in [9.17, 15) is 0 Å². The second-order valence-corrected chi connectivity index (χ2v) is 5.26. The zero-order valence-corrected chi connectivity index (χ0v) is 7.24. The molecule has 0 radical (unpaired) electrons. The zero-order valence-electron chi connectivity index (χ0n) is 5.67. The van der Waals surface area contributed by atoms with Gasteiger partial charge in [-0.25, -0.2) is 0 Å². The Bertz CT molecular complexity index is 81.5. The minimum atomic E-state index is -2.76. The van der Waals surface area contributed by atoms with Crippen LogP contribution in [0.5, 0.6) is 0 Å². The van der Waals surface area contributed by atoms with Crippen molar-refractivity contribution in [2.45, 2.75) is 20.3 Å². The summed E-state index contributed by atoms with van der Waals surface area (Å²) in [7, 11) is 2.44. The third-order valence-electron chi connectivity index (χ3n) is 1.19. The Morgan fingerprint density at radius 2 is 2.00 bits per heavy atom. The summed E-state index contributed by atoms with van der Waals surface area (Å²) in [4.78, 5) is 0. The van der Waals surface area contributed by atoms with Gasteiger partial charge >= 0.3 is 0 Å². The van der Waals surface area contributed by atoms with Crippen molar-refractivity contribution < 1.29 is 9.11 Å². The van der Waals surface area contributed by atoms with Crippen LogP contribution in [0, 0.1) is 5.92 Å². The van der Waals surface area contributed by atoms with Crippen LogP contribution in [0.4, 0.5) is 0 Å². The van der Waals surface area contributed by atoms with Gasteiger partial charge in [-0.2, -0.15) is 0 Å². The van der Waals surface area contributed by atoms with Crippen molar-refractivity contribution in [1.29, 1.82) is 0 Å². The summed E-state index contributed by atoms with van der Waals surface area (Å²) in [5, 5.41) is 0. The molecule has 0 bridgehead atoms. The number of rotatable bonds is 3. The normalized spacial score (nSPS) is 17.4. The van der Waals surface area contributed by atoms with Crippen LogP contribution in [0.1, 0.15) is 20.3 Å². The molecule has 0 rings (SSSR count). The third-order valence-corrected chi connectivity index (χ3v) is 2.56. The molecule has 0 aliphatic carbocycles. The highest BCUT2D eigenvalue weighted by Gasteiger charge is 2.11. The topological polar surface area (TPSA) is 40.5 Å². The minimum absolute atomic E-state index is 0.299. The quantitative estimate of drug-likeness (QED) is 0.687. The van der Waals surface area contributed by atoms with Crippen molar-refractivity contribution in [2.24, 2.45) is 5.92 Å². The molecule has 0 aromatic rings. The number of hydrogen-bond acceptors (Lipinski definition) is 2. The fraction of sp³-hybridized carbons (Fsp3) is 1.00. The molecule has 58 valence electrons. The van der Waals surface area contributed by atoms with Gasteiger partial charge in [0.1, 0.15) is 0 Å². The van der Waals surface area contributed by atoms with Gasteiger partial charge in [0.25, 0.3) is 0 Å². The maximum Gasteiger partial charge on any atom is 0.0561 e. The standard InChI is InChI=1S/C5H13ClO2S/c1-3-5(2)4-9(6,7)8/h5,7-8H,3-4H2,1-2H3. The highest BCUT2D eigenvalue weighted by atomic mass is 35.7. The largest absolute Gasteiger partial charge is 0.285 e. The predicted octanol–water partition coefficient (Wildman–Crippen LogP) is 2.94. The highest BCUT2D eigenvalue weighted by molar-refractivity contribution is 8.43. The van der Waals surface area contributed by atoms with Crippen molar-refractivity contribution in [3.05, 3.63) is 0 Å². The van der Waals surface area contributed by atoms with E-state index in [0.717, 1.165) is 6.42 Å². The lowest BCUT2D eigenvalue weighted by Gasteiger charge is -2.25. The minimum Gasteiger partial charge on any atom is -0.285 e. The molecule has 0 aliphatic rings. The molecule has 9 heavy (non-hydrogen) atoms. The molecule has 0 spiro atoms. The Morgan fingerprint density at radius 1 is 1.56 bits per heavy atom. The van der Waals surface area contributed by atoms with Gasteiger partial charge in [-0.1, -0.05) is 20.3 Å². The summed E-state index contributed by atoms with van der Waals surface area (Å²) in [6, 6.07) is 0. The van der Waals surface area contributed by atoms with E-state index in [0.29, 0.717) is 11.7 Å². The smallest absolute Gasteiger partial charge is 0.0561 e. The molecule has 1 unspecified atom stereocenters. The Labute approximate surface area is 62.1 Å². The highest BCUT2D eigenvalue weighted by Crippen LogP contribution is 2.45. The summed E-state index contributed by atoms with van der Waals surface area (Å²) >= 11 is 0. The van der Waals surface area contributed by atoms with Gasteiger partial charge in [-0.05, 0) is 5.92 Å². The van der Waals surface area contributed by atoms with E-state index in [4.69, 9.17) is 19.8 Å². The molecule has 0 saturated carbocycles. The van der Waals surface area contributed by atoms with Crippen molar-refractivity contribution >= 4 is 20.5 Å². The average Bonchev–Trinajstić information content (AvgIpc) is 1.62. The van der Waals surface area contributed by atoms with Crippen molar-refractivity contribution in [2.75, 3.05) is 5.75 Å². The summed E-state index contributed by atoms with van der Waals surface area (Å²) < 4.78 is 17.4. The van der Waals surface area contributed by atoms with E-state index in [2.05, 4.69) is 0 Å². The lowest BCUT2D eigenvalue weighted by Crippen LogP contribution is -2.04. The van der Waals surface area contributed by atoms with Crippen LogP contribution in [-0.2, 0) is 0 Å². The molecule has 0 aromatic carbocycles. The molecule has 0 aromatic heterocycles. The van der Waals surface area contributed by atoms with E-state index in [-0.39, 0.29) is 0 Å². The SMILES string of the molecule is CCC(C)CS(O)(O)Cl. The Hall–Kier alpha value is 0.560. The maximum absolute atomic E-state index is 8.72. The predicted molar refractivity (Wildman–Crippen MR) is 43.0 cm³/mol. The Balaban J connectivity index is 3.47. The number of halogens is 1.